The molecule has 1 aliphatic rings. The first kappa shape index (κ1) is 23.8. The highest BCUT2D eigenvalue weighted by Crippen LogP contribution is 2.27. The number of hydrogen-bond donors (Lipinski definition) is 2. The van der Waals surface area contributed by atoms with E-state index < -0.39 is 12.0 Å². The number of hydrogen-bond acceptors (Lipinski definition) is 10. The molecule has 1 saturated heterocycles. The van der Waals surface area contributed by atoms with Crippen LogP contribution in [0.5, 0.6) is 0 Å². The molecule has 5 rings (SSSR count). The lowest BCUT2D eigenvalue weighted by Crippen LogP contribution is -2.50. The van der Waals surface area contributed by atoms with E-state index >= 15 is 0 Å². The normalized spacial score (nSPS) is 15.4. The molecule has 0 aliphatic carbocycles. The van der Waals surface area contributed by atoms with Crippen LogP contribution in [0, 0.1) is 18.3 Å². The first-order valence-corrected chi connectivity index (χ1v) is 11.5. The Labute approximate surface area is 212 Å². The Morgan fingerprint density at radius 3 is 2.81 bits per heavy atom. The standard InChI is InChI=1S/C25H23N9O3/c1-15-16(11-26)4-2-6-18(15)19-10-20(30-25(27)29-19)21-13-33(32-31-21)12-17-5-3-7-23(28-17)34-8-9-37-14-22(34)24(35)36/h2-7,10,13,22H,8-9,12,14H2,1H3,(H,35,36)(H2,27,29,30). The minimum Gasteiger partial charge on any atom is -0.480 e. The molecule has 4 aromatic rings. The van der Waals surface area contributed by atoms with Crippen LogP contribution in [-0.2, 0) is 16.1 Å². The maximum atomic E-state index is 11.6. The van der Waals surface area contributed by atoms with Gasteiger partial charge in [-0.15, -0.1) is 5.10 Å². The van der Waals surface area contributed by atoms with Crippen LogP contribution in [0.1, 0.15) is 16.8 Å². The summed E-state index contributed by atoms with van der Waals surface area (Å²) in [5.41, 5.74) is 10.4. The largest absolute Gasteiger partial charge is 0.480 e. The Bertz CT molecular complexity index is 1510. The third kappa shape index (κ3) is 4.93. The van der Waals surface area contributed by atoms with Crippen LogP contribution in [0.4, 0.5) is 11.8 Å². The monoisotopic (exact) mass is 497 g/mol. The van der Waals surface area contributed by atoms with Gasteiger partial charge in [0.15, 0.2) is 6.04 Å². The van der Waals surface area contributed by atoms with E-state index in [9.17, 15) is 15.2 Å². The van der Waals surface area contributed by atoms with Crippen LogP contribution in [-0.4, -0.2) is 66.8 Å². The summed E-state index contributed by atoms with van der Waals surface area (Å²) in [5, 5.41) is 27.3. The summed E-state index contributed by atoms with van der Waals surface area (Å²) in [5.74, 6) is -0.306. The van der Waals surface area contributed by atoms with E-state index in [-0.39, 0.29) is 12.6 Å². The summed E-state index contributed by atoms with van der Waals surface area (Å²) in [4.78, 5) is 26.7. The lowest BCUT2D eigenvalue weighted by molar-refractivity contribution is -0.141. The van der Waals surface area contributed by atoms with E-state index in [0.717, 1.165) is 11.1 Å². The van der Waals surface area contributed by atoms with Gasteiger partial charge in [0.2, 0.25) is 5.95 Å². The number of nitrogens with two attached hydrogens (primary N) is 1. The number of nitriles is 1. The van der Waals surface area contributed by atoms with E-state index in [0.29, 0.717) is 53.9 Å². The van der Waals surface area contributed by atoms with Gasteiger partial charge < -0.3 is 20.5 Å². The van der Waals surface area contributed by atoms with Crippen molar-refractivity contribution in [3.63, 3.8) is 0 Å². The molecule has 37 heavy (non-hydrogen) atoms. The predicted molar refractivity (Wildman–Crippen MR) is 133 cm³/mol. The highest BCUT2D eigenvalue weighted by Gasteiger charge is 2.30. The Balaban J connectivity index is 1.40. The van der Waals surface area contributed by atoms with Crippen molar-refractivity contribution in [1.82, 2.24) is 29.9 Å². The van der Waals surface area contributed by atoms with Gasteiger partial charge >= 0.3 is 5.97 Å². The molecule has 1 aliphatic heterocycles. The second-order valence-corrected chi connectivity index (χ2v) is 8.50. The molecule has 0 amide bonds. The third-order valence-corrected chi connectivity index (χ3v) is 6.10. The Hall–Kier alpha value is -4.89. The van der Waals surface area contributed by atoms with Crippen molar-refractivity contribution in [3.8, 4) is 28.7 Å². The fourth-order valence-corrected chi connectivity index (χ4v) is 4.23. The number of ether oxygens (including phenoxy) is 1. The lowest BCUT2D eigenvalue weighted by Gasteiger charge is -2.33. The summed E-state index contributed by atoms with van der Waals surface area (Å²) in [6.45, 7) is 3.16. The van der Waals surface area contributed by atoms with Crippen LogP contribution < -0.4 is 10.6 Å². The lowest BCUT2D eigenvalue weighted by atomic mass is 10.00. The van der Waals surface area contributed by atoms with Crippen LogP contribution in [0.15, 0.2) is 48.7 Å². The van der Waals surface area contributed by atoms with Gasteiger partial charge in [-0.3, -0.25) is 0 Å². The maximum absolute atomic E-state index is 11.6. The van der Waals surface area contributed by atoms with E-state index in [1.54, 1.807) is 40.0 Å². The maximum Gasteiger partial charge on any atom is 0.328 e. The molecule has 1 unspecified atom stereocenters. The number of carbonyl (C=O) groups is 1. The number of rotatable bonds is 6. The second-order valence-electron chi connectivity index (χ2n) is 8.50. The van der Waals surface area contributed by atoms with Gasteiger partial charge in [0.25, 0.3) is 0 Å². The molecular weight excluding hydrogens is 474 g/mol. The Morgan fingerprint density at radius 2 is 2.00 bits per heavy atom. The second kappa shape index (κ2) is 10.00. The molecule has 0 radical (unpaired) electrons. The zero-order valence-electron chi connectivity index (χ0n) is 19.9. The van der Waals surface area contributed by atoms with Gasteiger partial charge in [0.05, 0.1) is 54.7 Å². The van der Waals surface area contributed by atoms with E-state index in [4.69, 9.17) is 10.5 Å². The Kier molecular flexibility index (Phi) is 6.44. The van der Waals surface area contributed by atoms with Crippen LogP contribution in [0.2, 0.25) is 0 Å². The van der Waals surface area contributed by atoms with Crippen molar-refractivity contribution in [1.29, 1.82) is 5.26 Å². The topological polar surface area (TPSA) is 169 Å². The first-order chi connectivity index (χ1) is 17.9. The summed E-state index contributed by atoms with van der Waals surface area (Å²) >= 11 is 0. The number of benzene rings is 1. The van der Waals surface area contributed by atoms with Crippen molar-refractivity contribution < 1.29 is 14.6 Å². The van der Waals surface area contributed by atoms with Gasteiger partial charge in [-0.2, -0.15) is 5.26 Å². The predicted octanol–water partition coefficient (Wildman–Crippen LogP) is 1.90. The van der Waals surface area contributed by atoms with E-state index in [1.165, 1.54) is 0 Å². The molecule has 1 aromatic carbocycles. The van der Waals surface area contributed by atoms with Crippen molar-refractivity contribution in [2.45, 2.75) is 19.5 Å². The number of morpholine rings is 1. The number of nitrogen functional groups attached to an aromatic ring is 1. The van der Waals surface area contributed by atoms with Gasteiger partial charge in [-0.1, -0.05) is 23.4 Å². The molecule has 12 heteroatoms. The fourth-order valence-electron chi connectivity index (χ4n) is 4.23. The summed E-state index contributed by atoms with van der Waals surface area (Å²) in [6.07, 6.45) is 1.73. The zero-order valence-corrected chi connectivity index (χ0v) is 19.9. The van der Waals surface area contributed by atoms with Gasteiger partial charge in [0, 0.05) is 12.1 Å². The highest BCUT2D eigenvalue weighted by molar-refractivity contribution is 5.78. The molecule has 0 saturated carbocycles. The molecule has 4 heterocycles. The molecule has 0 spiro atoms. The van der Waals surface area contributed by atoms with Crippen LogP contribution in [0.25, 0.3) is 22.6 Å². The number of anilines is 2. The van der Waals surface area contributed by atoms with Gasteiger partial charge in [-0.05, 0) is 36.8 Å². The van der Waals surface area contributed by atoms with Crippen molar-refractivity contribution >= 4 is 17.7 Å². The molecular formula is C25H23N9O3. The SMILES string of the molecule is Cc1c(C#N)cccc1-c1cc(-c2cn(Cc3cccc(N4CCOCC4C(=O)O)n3)nn2)nc(N)n1. The zero-order chi connectivity index (χ0) is 25.9. The first-order valence-electron chi connectivity index (χ1n) is 11.5. The van der Waals surface area contributed by atoms with E-state index in [1.807, 2.05) is 25.1 Å². The number of carboxylic acids is 1. The number of nitrogens with zero attached hydrogens (tertiary/aromatic N) is 8. The molecule has 1 fully saturated rings. The van der Waals surface area contributed by atoms with Crippen molar-refractivity contribution in [2.75, 3.05) is 30.4 Å². The number of aromatic nitrogens is 6. The minimum atomic E-state index is -0.953. The molecule has 186 valence electrons. The molecule has 12 nitrogen and oxygen atoms in total. The number of aliphatic carboxylic acids is 1. The average molecular weight is 498 g/mol. The minimum absolute atomic E-state index is 0.0803. The van der Waals surface area contributed by atoms with Gasteiger partial charge in [-0.25, -0.2) is 24.4 Å². The molecule has 1 atom stereocenters. The van der Waals surface area contributed by atoms with Crippen LogP contribution >= 0.6 is 0 Å². The smallest absolute Gasteiger partial charge is 0.328 e. The molecule has 3 aromatic heterocycles. The highest BCUT2D eigenvalue weighted by atomic mass is 16.5. The number of carboxylic acid groups (broad SMARTS) is 1. The third-order valence-electron chi connectivity index (χ3n) is 6.10. The van der Waals surface area contributed by atoms with E-state index in [2.05, 4.69) is 31.3 Å². The molecule has 0 bridgehead atoms. The average Bonchev–Trinajstić information content (AvgIpc) is 3.37. The number of pyridine rings is 1. The fraction of sp³-hybridized carbons (Fsp3) is 0.240. The van der Waals surface area contributed by atoms with Crippen LogP contribution in [0.3, 0.4) is 0 Å². The van der Waals surface area contributed by atoms with Gasteiger partial charge in [0.1, 0.15) is 11.5 Å². The van der Waals surface area contributed by atoms with Crippen molar-refractivity contribution in [2.24, 2.45) is 0 Å². The van der Waals surface area contributed by atoms with Crippen molar-refractivity contribution in [3.05, 3.63) is 65.5 Å². The summed E-state index contributed by atoms with van der Waals surface area (Å²) in [7, 11) is 0. The molecule has 3 N–H and O–H groups in total. The quantitative estimate of drug-likeness (QED) is 0.399. The Morgan fingerprint density at radius 1 is 1.19 bits per heavy atom. The summed E-state index contributed by atoms with van der Waals surface area (Å²) in [6, 6.07) is 14.0. The summed E-state index contributed by atoms with van der Waals surface area (Å²) < 4.78 is 6.94.